The lowest BCUT2D eigenvalue weighted by Crippen LogP contribution is -2.37. The Kier molecular flexibility index (Phi) is 5.31. The molecule has 150 valence electrons. The van der Waals surface area contributed by atoms with E-state index in [4.69, 9.17) is 10.5 Å². The van der Waals surface area contributed by atoms with Gasteiger partial charge in [0.1, 0.15) is 23.2 Å². The fraction of sp³-hybridized carbons (Fsp3) is 0.217. The summed E-state index contributed by atoms with van der Waals surface area (Å²) in [6.07, 6.45) is 3.78. The van der Waals surface area contributed by atoms with E-state index in [1.54, 1.807) is 29.4 Å². The maximum absolute atomic E-state index is 13.0. The van der Waals surface area contributed by atoms with Crippen molar-refractivity contribution in [3.8, 4) is 22.9 Å². The van der Waals surface area contributed by atoms with Crippen molar-refractivity contribution < 1.29 is 9.53 Å². The molecule has 7 heteroatoms. The van der Waals surface area contributed by atoms with Crippen LogP contribution < -0.4 is 10.5 Å². The Bertz CT molecular complexity index is 1140. The highest BCUT2D eigenvalue weighted by atomic mass is 16.5. The second-order valence-electron chi connectivity index (χ2n) is 6.96. The summed E-state index contributed by atoms with van der Waals surface area (Å²) in [5.74, 6) is 0.845. The number of carbonyl (C=O) groups is 1. The molecule has 3 aromatic rings. The normalized spacial score (nSPS) is 12.7. The van der Waals surface area contributed by atoms with Gasteiger partial charge in [0, 0.05) is 48.6 Å². The molecule has 0 spiro atoms. The average Bonchev–Trinajstić information content (AvgIpc) is 2.78. The lowest BCUT2D eigenvalue weighted by Gasteiger charge is -2.30. The number of nitrogens with two attached hydrogens (primary N) is 1. The Hall–Kier alpha value is -3.92. The van der Waals surface area contributed by atoms with E-state index in [1.807, 2.05) is 31.2 Å². The van der Waals surface area contributed by atoms with E-state index in [9.17, 15) is 10.1 Å². The minimum Gasteiger partial charge on any atom is -0.494 e. The van der Waals surface area contributed by atoms with Gasteiger partial charge in [-0.3, -0.25) is 9.78 Å². The number of nitrogens with zero attached hydrogens (tertiary/aromatic N) is 4. The van der Waals surface area contributed by atoms with Crippen LogP contribution in [0.5, 0.6) is 5.75 Å². The van der Waals surface area contributed by atoms with Crippen LogP contribution in [0.3, 0.4) is 0 Å². The van der Waals surface area contributed by atoms with Gasteiger partial charge in [-0.15, -0.1) is 0 Å². The number of carbonyl (C=O) groups excluding carboxylic acids is 1. The van der Waals surface area contributed by atoms with Crippen molar-refractivity contribution in [2.45, 2.75) is 19.9 Å². The molecule has 3 heterocycles. The fourth-order valence-electron chi connectivity index (χ4n) is 3.77. The van der Waals surface area contributed by atoms with E-state index in [0.717, 1.165) is 16.8 Å². The predicted molar refractivity (Wildman–Crippen MR) is 113 cm³/mol. The van der Waals surface area contributed by atoms with Crippen LogP contribution in [-0.4, -0.2) is 33.9 Å². The van der Waals surface area contributed by atoms with Crippen LogP contribution >= 0.6 is 0 Å². The SMILES string of the molecule is CCOc1cccc(-c2c(C#N)c(N)nc3c2CN(C(=O)c2ccncc2)CC3)c1. The topological polar surface area (TPSA) is 105 Å². The Morgan fingerprint density at radius 1 is 1.30 bits per heavy atom. The molecular formula is C23H21N5O2. The standard InChI is InChI=1S/C23H21N5O2/c1-2-30-17-5-3-4-16(12-17)21-18(13-24)22(25)27-20-8-11-28(14-19(20)21)23(29)15-6-9-26-10-7-15/h3-7,9-10,12H,2,8,11,14H2,1H3,(H2,25,27). The first-order chi connectivity index (χ1) is 14.6. The van der Waals surface area contributed by atoms with Gasteiger partial charge in [0.15, 0.2) is 0 Å². The van der Waals surface area contributed by atoms with Crippen molar-refractivity contribution in [1.82, 2.24) is 14.9 Å². The van der Waals surface area contributed by atoms with Crippen LogP contribution in [0.1, 0.15) is 34.1 Å². The van der Waals surface area contributed by atoms with E-state index in [1.165, 1.54) is 0 Å². The summed E-state index contributed by atoms with van der Waals surface area (Å²) in [5.41, 5.74) is 10.2. The van der Waals surface area contributed by atoms with Crippen LogP contribution in [0, 0.1) is 11.3 Å². The second-order valence-corrected chi connectivity index (χ2v) is 6.96. The Morgan fingerprint density at radius 2 is 2.10 bits per heavy atom. The maximum atomic E-state index is 13.0. The van der Waals surface area contributed by atoms with Gasteiger partial charge in [0.25, 0.3) is 5.91 Å². The van der Waals surface area contributed by atoms with Crippen LogP contribution in [0.4, 0.5) is 5.82 Å². The number of rotatable bonds is 4. The Morgan fingerprint density at radius 3 is 2.83 bits per heavy atom. The van der Waals surface area contributed by atoms with E-state index >= 15 is 0 Å². The minimum atomic E-state index is -0.0765. The van der Waals surface area contributed by atoms with Gasteiger partial charge in [0.2, 0.25) is 0 Å². The van der Waals surface area contributed by atoms with Crippen molar-refractivity contribution in [3.63, 3.8) is 0 Å². The van der Waals surface area contributed by atoms with Gasteiger partial charge in [-0.1, -0.05) is 12.1 Å². The van der Waals surface area contributed by atoms with Crippen LogP contribution in [0.15, 0.2) is 48.8 Å². The van der Waals surface area contributed by atoms with E-state index < -0.39 is 0 Å². The molecule has 0 fully saturated rings. The number of nitrogen functional groups attached to an aromatic ring is 1. The number of hydrogen-bond donors (Lipinski definition) is 1. The molecule has 2 N–H and O–H groups in total. The smallest absolute Gasteiger partial charge is 0.254 e. The van der Waals surface area contributed by atoms with E-state index in [2.05, 4.69) is 16.0 Å². The monoisotopic (exact) mass is 399 g/mol. The first-order valence-electron chi connectivity index (χ1n) is 9.76. The molecule has 7 nitrogen and oxygen atoms in total. The molecule has 1 aliphatic heterocycles. The molecule has 1 amide bonds. The average molecular weight is 399 g/mol. The van der Waals surface area contributed by atoms with Crippen molar-refractivity contribution in [1.29, 1.82) is 5.26 Å². The quantitative estimate of drug-likeness (QED) is 0.722. The Balaban J connectivity index is 1.81. The maximum Gasteiger partial charge on any atom is 0.254 e. The highest BCUT2D eigenvalue weighted by molar-refractivity contribution is 5.94. The van der Waals surface area contributed by atoms with Gasteiger partial charge >= 0.3 is 0 Å². The molecule has 30 heavy (non-hydrogen) atoms. The summed E-state index contributed by atoms with van der Waals surface area (Å²) in [6, 6.07) is 13.2. The lowest BCUT2D eigenvalue weighted by molar-refractivity contribution is 0.0734. The zero-order chi connectivity index (χ0) is 21.1. The summed E-state index contributed by atoms with van der Waals surface area (Å²) in [4.78, 5) is 23.2. The Labute approximate surface area is 174 Å². The summed E-state index contributed by atoms with van der Waals surface area (Å²) < 4.78 is 5.63. The van der Waals surface area contributed by atoms with Crippen LogP contribution in [0.25, 0.3) is 11.1 Å². The molecule has 0 atom stereocenters. The second kappa shape index (κ2) is 8.21. The minimum absolute atomic E-state index is 0.0765. The van der Waals surface area contributed by atoms with E-state index in [-0.39, 0.29) is 11.7 Å². The van der Waals surface area contributed by atoms with Crippen LogP contribution in [0.2, 0.25) is 0 Å². The van der Waals surface area contributed by atoms with E-state index in [0.29, 0.717) is 48.6 Å². The molecule has 0 bridgehead atoms. The largest absolute Gasteiger partial charge is 0.494 e. The number of ether oxygens (including phenoxy) is 1. The van der Waals surface area contributed by atoms with Gasteiger partial charge < -0.3 is 15.4 Å². The molecule has 0 radical (unpaired) electrons. The molecule has 1 aromatic carbocycles. The third kappa shape index (κ3) is 3.55. The summed E-state index contributed by atoms with van der Waals surface area (Å²) in [7, 11) is 0. The highest BCUT2D eigenvalue weighted by Crippen LogP contribution is 2.36. The summed E-state index contributed by atoms with van der Waals surface area (Å²) in [6.45, 7) is 3.35. The van der Waals surface area contributed by atoms with Gasteiger partial charge in [-0.25, -0.2) is 4.98 Å². The number of pyridine rings is 2. The van der Waals surface area contributed by atoms with Gasteiger partial charge in [0.05, 0.1) is 12.3 Å². The van der Waals surface area contributed by atoms with Crippen molar-refractivity contribution in [2.24, 2.45) is 0 Å². The zero-order valence-electron chi connectivity index (χ0n) is 16.6. The molecule has 1 aliphatic rings. The van der Waals surface area contributed by atoms with Gasteiger partial charge in [-0.05, 0) is 36.8 Å². The van der Waals surface area contributed by atoms with Gasteiger partial charge in [-0.2, -0.15) is 5.26 Å². The lowest BCUT2D eigenvalue weighted by atomic mass is 9.90. The molecule has 0 unspecified atom stereocenters. The number of nitriles is 1. The highest BCUT2D eigenvalue weighted by Gasteiger charge is 2.28. The molecule has 0 aliphatic carbocycles. The summed E-state index contributed by atoms with van der Waals surface area (Å²) in [5, 5.41) is 9.80. The third-order valence-corrected chi connectivity index (χ3v) is 5.14. The van der Waals surface area contributed by atoms with Crippen molar-refractivity contribution in [3.05, 3.63) is 71.2 Å². The van der Waals surface area contributed by atoms with Crippen LogP contribution in [-0.2, 0) is 13.0 Å². The number of benzene rings is 1. The molecular weight excluding hydrogens is 378 g/mol. The molecule has 2 aromatic heterocycles. The number of aromatic nitrogens is 2. The van der Waals surface area contributed by atoms with Crippen molar-refractivity contribution in [2.75, 3.05) is 18.9 Å². The zero-order valence-corrected chi connectivity index (χ0v) is 16.6. The number of amides is 1. The number of anilines is 1. The number of hydrogen-bond acceptors (Lipinski definition) is 6. The molecule has 0 saturated carbocycles. The fourth-order valence-corrected chi connectivity index (χ4v) is 3.77. The predicted octanol–water partition coefficient (Wildman–Crippen LogP) is 3.19. The first kappa shape index (κ1) is 19.4. The number of fused-ring (bicyclic) bond motifs is 1. The van der Waals surface area contributed by atoms with Crippen molar-refractivity contribution >= 4 is 11.7 Å². The first-order valence-corrected chi connectivity index (χ1v) is 9.76. The summed E-state index contributed by atoms with van der Waals surface area (Å²) >= 11 is 0. The third-order valence-electron chi connectivity index (χ3n) is 5.14. The molecule has 4 rings (SSSR count). The molecule has 0 saturated heterocycles.